The van der Waals surface area contributed by atoms with Crippen molar-refractivity contribution >= 4 is 22.8 Å². The number of benzene rings is 2. The highest BCUT2D eigenvalue weighted by Gasteiger charge is 2.37. The topological polar surface area (TPSA) is 89.8 Å². The van der Waals surface area contributed by atoms with E-state index in [2.05, 4.69) is 22.2 Å². The number of ether oxygens (including phenoxy) is 2. The molecule has 2 amide bonds. The summed E-state index contributed by atoms with van der Waals surface area (Å²) >= 11 is 0. The number of carbonyl (C=O) groups excluding carboxylic acids is 2. The molecule has 1 aliphatic carbocycles. The second-order valence-electron chi connectivity index (χ2n) is 12.5. The van der Waals surface area contributed by atoms with Gasteiger partial charge in [-0.3, -0.25) is 14.3 Å². The van der Waals surface area contributed by atoms with Gasteiger partial charge in [0, 0.05) is 44.7 Å². The summed E-state index contributed by atoms with van der Waals surface area (Å²) in [6.45, 7) is 1.95. The van der Waals surface area contributed by atoms with Crippen LogP contribution in [0.1, 0.15) is 55.6 Å². The summed E-state index contributed by atoms with van der Waals surface area (Å²) in [6.07, 6.45) is 7.11. The van der Waals surface area contributed by atoms with Crippen molar-refractivity contribution < 1.29 is 23.5 Å². The SMILES string of the molecule is Cn1ncc2nc(Oc3cc4c(cc3F)CC[C@@H](C(=O)N(CC(=O)N3CCCC3)C[C@@H](c3ccccc3)C3CCC3)O4)ccc21. The molecule has 2 aromatic carbocycles. The Bertz CT molecular complexity index is 1700. The second-order valence-corrected chi connectivity index (χ2v) is 12.5. The second kappa shape index (κ2) is 12.5. The molecule has 234 valence electrons. The number of carbonyl (C=O) groups is 2. The van der Waals surface area contributed by atoms with E-state index in [1.165, 1.54) is 24.1 Å². The number of rotatable bonds is 9. The number of halogens is 1. The van der Waals surface area contributed by atoms with Crippen LogP contribution in [0, 0.1) is 11.7 Å². The van der Waals surface area contributed by atoms with Gasteiger partial charge in [-0.1, -0.05) is 36.8 Å². The van der Waals surface area contributed by atoms with Crippen molar-refractivity contribution in [2.24, 2.45) is 13.0 Å². The van der Waals surface area contributed by atoms with E-state index in [1.807, 2.05) is 36.2 Å². The number of aromatic nitrogens is 3. The minimum absolute atomic E-state index is 0.0201. The molecule has 9 nitrogen and oxygen atoms in total. The quantitative estimate of drug-likeness (QED) is 0.244. The van der Waals surface area contributed by atoms with Crippen LogP contribution in [-0.4, -0.2) is 68.7 Å². The van der Waals surface area contributed by atoms with Crippen molar-refractivity contribution in [3.8, 4) is 17.4 Å². The molecule has 0 bridgehead atoms. The Morgan fingerprint density at radius 1 is 1.07 bits per heavy atom. The molecule has 1 saturated heterocycles. The van der Waals surface area contributed by atoms with Crippen molar-refractivity contribution in [3.63, 3.8) is 0 Å². The van der Waals surface area contributed by atoms with Crippen molar-refractivity contribution in [2.45, 2.75) is 57.0 Å². The number of hydrogen-bond donors (Lipinski definition) is 0. The summed E-state index contributed by atoms with van der Waals surface area (Å²) in [7, 11) is 1.82. The van der Waals surface area contributed by atoms with E-state index in [0.29, 0.717) is 42.1 Å². The van der Waals surface area contributed by atoms with Gasteiger partial charge in [-0.05, 0) is 67.7 Å². The van der Waals surface area contributed by atoms with Crippen LogP contribution in [0.15, 0.2) is 60.8 Å². The Balaban J connectivity index is 1.12. The minimum atomic E-state index is -0.787. The zero-order chi connectivity index (χ0) is 30.9. The first-order valence-electron chi connectivity index (χ1n) is 16.0. The molecule has 4 heterocycles. The van der Waals surface area contributed by atoms with Gasteiger partial charge < -0.3 is 19.3 Å². The molecule has 2 fully saturated rings. The molecule has 7 rings (SSSR count). The zero-order valence-corrected chi connectivity index (χ0v) is 25.5. The predicted octanol–water partition coefficient (Wildman–Crippen LogP) is 5.63. The van der Waals surface area contributed by atoms with Crippen LogP contribution in [-0.2, 0) is 23.1 Å². The number of pyridine rings is 1. The molecule has 45 heavy (non-hydrogen) atoms. The number of hydrogen-bond acceptors (Lipinski definition) is 6. The number of fused-ring (bicyclic) bond motifs is 2. The molecule has 0 spiro atoms. The normalized spacial score (nSPS) is 18.6. The Morgan fingerprint density at radius 2 is 1.87 bits per heavy atom. The molecule has 3 aliphatic rings. The lowest BCUT2D eigenvalue weighted by molar-refractivity contribution is -0.145. The Hall–Kier alpha value is -4.47. The molecule has 4 aromatic rings. The predicted molar refractivity (Wildman–Crippen MR) is 167 cm³/mol. The van der Waals surface area contributed by atoms with Gasteiger partial charge in [-0.25, -0.2) is 9.37 Å². The summed E-state index contributed by atoms with van der Waals surface area (Å²) in [5, 5.41) is 4.20. The molecule has 0 unspecified atom stereocenters. The maximum atomic E-state index is 15.1. The Labute approximate surface area is 261 Å². The maximum absolute atomic E-state index is 15.1. The maximum Gasteiger partial charge on any atom is 0.264 e. The van der Waals surface area contributed by atoms with E-state index in [1.54, 1.807) is 21.8 Å². The molecule has 10 heteroatoms. The molecule has 0 N–H and O–H groups in total. The molecule has 2 atom stereocenters. The van der Waals surface area contributed by atoms with Crippen molar-refractivity contribution in [2.75, 3.05) is 26.2 Å². The third kappa shape index (κ3) is 6.10. The van der Waals surface area contributed by atoms with Gasteiger partial charge in [-0.15, -0.1) is 0 Å². The molecular weight excluding hydrogens is 573 g/mol. The molecule has 1 saturated carbocycles. The summed E-state index contributed by atoms with van der Waals surface area (Å²) < 4.78 is 29.0. The number of aryl methyl sites for hydroxylation is 2. The van der Waals surface area contributed by atoms with E-state index in [9.17, 15) is 9.59 Å². The highest BCUT2D eigenvalue weighted by atomic mass is 19.1. The average molecular weight is 612 g/mol. The van der Waals surface area contributed by atoms with Gasteiger partial charge in [-0.2, -0.15) is 5.10 Å². The first-order valence-corrected chi connectivity index (χ1v) is 16.0. The van der Waals surface area contributed by atoms with E-state index in [-0.39, 0.29) is 35.9 Å². The lowest BCUT2D eigenvalue weighted by Gasteiger charge is -2.39. The van der Waals surface area contributed by atoms with Crippen LogP contribution in [0.5, 0.6) is 17.4 Å². The summed E-state index contributed by atoms with van der Waals surface area (Å²) in [4.78, 5) is 35.6. The van der Waals surface area contributed by atoms with Crippen molar-refractivity contribution in [1.29, 1.82) is 0 Å². The van der Waals surface area contributed by atoms with Gasteiger partial charge in [0.1, 0.15) is 11.3 Å². The van der Waals surface area contributed by atoms with Crippen LogP contribution in [0.25, 0.3) is 11.0 Å². The highest BCUT2D eigenvalue weighted by molar-refractivity contribution is 5.87. The van der Waals surface area contributed by atoms with Gasteiger partial charge in [0.15, 0.2) is 17.7 Å². The van der Waals surface area contributed by atoms with Crippen molar-refractivity contribution in [1.82, 2.24) is 24.6 Å². The lowest BCUT2D eigenvalue weighted by Crippen LogP contribution is -2.50. The Kier molecular flexibility index (Phi) is 8.12. The molecule has 0 radical (unpaired) electrons. The van der Waals surface area contributed by atoms with Gasteiger partial charge in [0.2, 0.25) is 11.8 Å². The number of likely N-dealkylation sites (tertiary alicyclic amines) is 1. The van der Waals surface area contributed by atoms with Crippen LogP contribution in [0.3, 0.4) is 0 Å². The molecule has 2 aliphatic heterocycles. The summed E-state index contributed by atoms with van der Waals surface area (Å²) in [5.41, 5.74) is 3.34. The van der Waals surface area contributed by atoms with Crippen LogP contribution < -0.4 is 9.47 Å². The first kappa shape index (κ1) is 29.3. The standard InChI is InChI=1S/C35H38FN5O4/c1-39-29-13-15-33(38-28(29)20-37-39)45-32-19-31-25(18-27(32)36)12-14-30(44-31)35(43)41(22-34(42)40-16-5-6-17-40)21-26(24-10-7-11-24)23-8-3-2-4-9-23/h2-4,8-9,13,15,18-20,24,26,30H,5-7,10-12,14,16-17,21-22H2,1H3/t26-,30-/m0/s1. The first-order chi connectivity index (χ1) is 21.9. The fraction of sp³-hybridized carbons (Fsp3) is 0.429. The minimum Gasteiger partial charge on any atom is -0.480 e. The lowest BCUT2D eigenvalue weighted by atomic mass is 9.72. The highest BCUT2D eigenvalue weighted by Crippen LogP contribution is 2.41. The van der Waals surface area contributed by atoms with E-state index in [4.69, 9.17) is 9.47 Å². The summed E-state index contributed by atoms with van der Waals surface area (Å²) in [6, 6.07) is 16.7. The van der Waals surface area contributed by atoms with Crippen LogP contribution >= 0.6 is 0 Å². The van der Waals surface area contributed by atoms with E-state index < -0.39 is 11.9 Å². The smallest absolute Gasteiger partial charge is 0.264 e. The largest absolute Gasteiger partial charge is 0.480 e. The average Bonchev–Trinajstić information content (AvgIpc) is 3.70. The summed E-state index contributed by atoms with van der Waals surface area (Å²) in [5.74, 6) is 0.462. The number of amides is 2. The molecule has 2 aromatic heterocycles. The monoisotopic (exact) mass is 611 g/mol. The van der Waals surface area contributed by atoms with Gasteiger partial charge >= 0.3 is 0 Å². The fourth-order valence-electron chi connectivity index (χ4n) is 6.79. The number of nitrogens with zero attached hydrogens (tertiary/aromatic N) is 5. The zero-order valence-electron chi connectivity index (χ0n) is 25.5. The van der Waals surface area contributed by atoms with E-state index in [0.717, 1.165) is 44.3 Å². The van der Waals surface area contributed by atoms with Crippen molar-refractivity contribution in [3.05, 3.63) is 77.7 Å². The van der Waals surface area contributed by atoms with Crippen LogP contribution in [0.2, 0.25) is 0 Å². The molecular formula is C35H38FN5O4. The van der Waals surface area contributed by atoms with E-state index >= 15 is 4.39 Å². The van der Waals surface area contributed by atoms with Crippen LogP contribution in [0.4, 0.5) is 4.39 Å². The third-order valence-corrected chi connectivity index (χ3v) is 9.59. The fourth-order valence-corrected chi connectivity index (χ4v) is 6.79. The van der Waals surface area contributed by atoms with Gasteiger partial charge in [0.05, 0.1) is 18.3 Å². The Morgan fingerprint density at radius 3 is 2.62 bits per heavy atom. The van der Waals surface area contributed by atoms with Gasteiger partial charge in [0.25, 0.3) is 5.91 Å². The third-order valence-electron chi connectivity index (χ3n) is 9.59.